The Morgan fingerprint density at radius 1 is 1.05 bits per heavy atom. The summed E-state index contributed by atoms with van der Waals surface area (Å²) >= 11 is 5.88. The third-order valence-corrected chi connectivity index (χ3v) is 3.51. The van der Waals surface area contributed by atoms with Gasteiger partial charge in [0.25, 0.3) is 0 Å². The lowest BCUT2D eigenvalue weighted by Gasteiger charge is -2.07. The lowest BCUT2D eigenvalue weighted by Crippen LogP contribution is -2.04. The zero-order valence-corrected chi connectivity index (χ0v) is 11.1. The maximum atomic E-state index is 13.5. The van der Waals surface area contributed by atoms with Crippen molar-refractivity contribution in [3.8, 4) is 0 Å². The summed E-state index contributed by atoms with van der Waals surface area (Å²) in [6.45, 7) is 0. The van der Waals surface area contributed by atoms with Crippen LogP contribution in [0.25, 0.3) is 10.8 Å². The summed E-state index contributed by atoms with van der Waals surface area (Å²) < 4.78 is 13.5. The maximum absolute atomic E-state index is 13.5. The Kier molecular flexibility index (Phi) is 3.20. The van der Waals surface area contributed by atoms with Gasteiger partial charge in [0.2, 0.25) is 0 Å². The van der Waals surface area contributed by atoms with Crippen molar-refractivity contribution in [3.05, 3.63) is 76.8 Å². The van der Waals surface area contributed by atoms with E-state index >= 15 is 0 Å². The molecule has 0 atom stereocenters. The fourth-order valence-electron chi connectivity index (χ4n) is 2.14. The fraction of sp³-hybridized carbons (Fsp3) is 0. The number of fused-ring (bicyclic) bond motifs is 1. The lowest BCUT2D eigenvalue weighted by molar-refractivity contribution is 0.104. The summed E-state index contributed by atoms with van der Waals surface area (Å²) in [4.78, 5) is 16.6. The molecule has 1 aromatic heterocycles. The van der Waals surface area contributed by atoms with E-state index in [9.17, 15) is 9.18 Å². The first-order valence-corrected chi connectivity index (χ1v) is 6.38. The summed E-state index contributed by atoms with van der Waals surface area (Å²) in [6, 6.07) is 11.3. The highest BCUT2D eigenvalue weighted by molar-refractivity contribution is 6.35. The van der Waals surface area contributed by atoms with Crippen molar-refractivity contribution in [2.75, 3.05) is 0 Å². The highest BCUT2D eigenvalue weighted by Gasteiger charge is 2.17. The van der Waals surface area contributed by atoms with Crippen LogP contribution in [0, 0.1) is 5.82 Å². The van der Waals surface area contributed by atoms with Gasteiger partial charge in [-0.1, -0.05) is 35.9 Å². The van der Waals surface area contributed by atoms with E-state index in [1.165, 1.54) is 18.2 Å². The van der Waals surface area contributed by atoms with Gasteiger partial charge in [-0.25, -0.2) is 4.39 Å². The highest BCUT2D eigenvalue weighted by atomic mass is 35.5. The zero-order chi connectivity index (χ0) is 14.1. The Bertz CT molecular complexity index is 811. The van der Waals surface area contributed by atoms with Crippen molar-refractivity contribution in [1.29, 1.82) is 0 Å². The van der Waals surface area contributed by atoms with E-state index in [2.05, 4.69) is 4.98 Å². The molecular formula is C16H9ClFNO. The molecule has 2 aromatic carbocycles. The highest BCUT2D eigenvalue weighted by Crippen LogP contribution is 2.26. The number of pyridine rings is 1. The molecule has 4 heteroatoms. The van der Waals surface area contributed by atoms with Crippen LogP contribution in [0.4, 0.5) is 4.39 Å². The lowest BCUT2D eigenvalue weighted by atomic mass is 9.98. The normalized spacial score (nSPS) is 10.7. The van der Waals surface area contributed by atoms with Gasteiger partial charge in [0.1, 0.15) is 5.82 Å². The first-order chi connectivity index (χ1) is 9.68. The fourth-order valence-corrected chi connectivity index (χ4v) is 2.36. The van der Waals surface area contributed by atoms with Gasteiger partial charge in [0, 0.05) is 28.9 Å². The van der Waals surface area contributed by atoms with E-state index in [1.54, 1.807) is 30.6 Å². The predicted octanol–water partition coefficient (Wildman–Crippen LogP) is 4.26. The molecule has 0 radical (unpaired) electrons. The van der Waals surface area contributed by atoms with E-state index in [4.69, 9.17) is 11.6 Å². The molecule has 98 valence electrons. The maximum Gasteiger partial charge on any atom is 0.195 e. The molecule has 0 saturated carbocycles. The van der Waals surface area contributed by atoms with E-state index in [-0.39, 0.29) is 16.4 Å². The minimum absolute atomic E-state index is 0.149. The Morgan fingerprint density at radius 3 is 2.65 bits per heavy atom. The van der Waals surface area contributed by atoms with Gasteiger partial charge in [-0.2, -0.15) is 0 Å². The Balaban J connectivity index is 2.21. The summed E-state index contributed by atoms with van der Waals surface area (Å²) in [5.74, 6) is -0.897. The number of aromatic nitrogens is 1. The largest absolute Gasteiger partial charge is 0.289 e. The number of rotatable bonds is 2. The molecule has 0 aliphatic heterocycles. The molecule has 0 spiro atoms. The zero-order valence-electron chi connectivity index (χ0n) is 10.3. The van der Waals surface area contributed by atoms with Crippen LogP contribution >= 0.6 is 11.6 Å². The van der Waals surface area contributed by atoms with E-state index in [1.807, 2.05) is 6.07 Å². The van der Waals surface area contributed by atoms with Crippen molar-refractivity contribution in [2.24, 2.45) is 0 Å². The minimum Gasteiger partial charge on any atom is -0.289 e. The molecule has 3 rings (SSSR count). The molecule has 2 nitrogen and oxygen atoms in total. The van der Waals surface area contributed by atoms with Crippen LogP contribution in [0.1, 0.15) is 15.9 Å². The van der Waals surface area contributed by atoms with Crippen molar-refractivity contribution in [2.45, 2.75) is 0 Å². The predicted molar refractivity (Wildman–Crippen MR) is 76.6 cm³/mol. The van der Waals surface area contributed by atoms with Crippen molar-refractivity contribution < 1.29 is 9.18 Å². The van der Waals surface area contributed by atoms with Crippen molar-refractivity contribution in [1.82, 2.24) is 4.98 Å². The van der Waals surface area contributed by atoms with Crippen LogP contribution in [-0.4, -0.2) is 10.8 Å². The summed E-state index contributed by atoms with van der Waals surface area (Å²) in [6.07, 6.45) is 3.30. The van der Waals surface area contributed by atoms with E-state index in [0.717, 1.165) is 10.8 Å². The molecule has 0 unspecified atom stereocenters. The molecule has 0 fully saturated rings. The first-order valence-electron chi connectivity index (χ1n) is 6.00. The van der Waals surface area contributed by atoms with Gasteiger partial charge in [0.05, 0.1) is 5.02 Å². The molecule has 1 heterocycles. The van der Waals surface area contributed by atoms with Gasteiger partial charge in [-0.3, -0.25) is 9.78 Å². The number of nitrogens with zero attached hydrogens (tertiary/aromatic N) is 1. The van der Waals surface area contributed by atoms with Gasteiger partial charge in [0.15, 0.2) is 5.78 Å². The molecule has 20 heavy (non-hydrogen) atoms. The number of halogens is 2. The number of hydrogen-bond acceptors (Lipinski definition) is 2. The molecule has 0 aliphatic rings. The topological polar surface area (TPSA) is 30.0 Å². The second-order valence-corrected chi connectivity index (χ2v) is 4.71. The van der Waals surface area contributed by atoms with E-state index < -0.39 is 5.82 Å². The Hall–Kier alpha value is -2.26. The summed E-state index contributed by atoms with van der Waals surface area (Å²) in [7, 11) is 0. The average molecular weight is 286 g/mol. The summed E-state index contributed by atoms with van der Waals surface area (Å²) in [5.41, 5.74) is 0.647. The van der Waals surface area contributed by atoms with Crippen LogP contribution in [-0.2, 0) is 0 Å². The number of benzene rings is 2. The van der Waals surface area contributed by atoms with Crippen LogP contribution in [0.2, 0.25) is 5.02 Å². The smallest absolute Gasteiger partial charge is 0.195 e. The van der Waals surface area contributed by atoms with Crippen LogP contribution in [0.15, 0.2) is 54.9 Å². The molecule has 0 saturated heterocycles. The van der Waals surface area contributed by atoms with E-state index in [0.29, 0.717) is 5.56 Å². The average Bonchev–Trinajstić information content (AvgIpc) is 2.49. The monoisotopic (exact) mass is 285 g/mol. The molecule has 0 N–H and O–H groups in total. The van der Waals surface area contributed by atoms with Crippen LogP contribution < -0.4 is 0 Å². The molecule has 0 bridgehead atoms. The van der Waals surface area contributed by atoms with Gasteiger partial charge >= 0.3 is 0 Å². The molecule has 0 aliphatic carbocycles. The number of hydrogen-bond donors (Lipinski definition) is 0. The molecule has 3 aromatic rings. The standard InChI is InChI=1S/C16H9ClFNO/c17-15-13(5-2-6-14(15)18)16(20)12-4-1-3-10-9-19-8-7-11(10)12/h1-9H. The number of ketones is 1. The van der Waals surface area contributed by atoms with Crippen molar-refractivity contribution >= 4 is 28.2 Å². The number of carbonyl (C=O) groups is 1. The SMILES string of the molecule is O=C(c1cccc(F)c1Cl)c1cccc2cnccc12. The quantitative estimate of drug-likeness (QED) is 0.659. The third kappa shape index (κ3) is 2.06. The third-order valence-electron chi connectivity index (χ3n) is 3.12. The Morgan fingerprint density at radius 2 is 1.80 bits per heavy atom. The summed E-state index contributed by atoms with van der Waals surface area (Å²) in [5, 5.41) is 1.47. The van der Waals surface area contributed by atoms with Crippen LogP contribution in [0.3, 0.4) is 0 Å². The minimum atomic E-state index is -0.598. The molecule has 0 amide bonds. The van der Waals surface area contributed by atoms with Crippen LogP contribution in [0.5, 0.6) is 0 Å². The Labute approximate surface area is 119 Å². The van der Waals surface area contributed by atoms with Crippen molar-refractivity contribution in [3.63, 3.8) is 0 Å². The second kappa shape index (κ2) is 5.02. The van der Waals surface area contributed by atoms with Gasteiger partial charge in [-0.15, -0.1) is 0 Å². The second-order valence-electron chi connectivity index (χ2n) is 4.33. The molecular weight excluding hydrogens is 277 g/mol. The number of carbonyl (C=O) groups excluding carboxylic acids is 1. The van der Waals surface area contributed by atoms with Gasteiger partial charge in [-0.05, 0) is 23.6 Å². The van der Waals surface area contributed by atoms with Gasteiger partial charge < -0.3 is 0 Å². The first kappa shape index (κ1) is 12.8.